The highest BCUT2D eigenvalue weighted by atomic mass is 32.2. The standard InChI is InChI=1S/C17H18N2O4S2/c1-25(22,23)13-7-4-6-12(9-13)16(20)18-19-17(21)15-10-11-5-2-3-8-14(11)24-15/h4,6-7,9-10H,2-3,5,8H2,1H3,(H,18,20)(H,19,21). The van der Waals surface area contributed by atoms with Crippen molar-refractivity contribution >= 4 is 33.0 Å². The second kappa shape index (κ2) is 6.97. The first-order valence-electron chi connectivity index (χ1n) is 7.87. The average molecular weight is 378 g/mol. The van der Waals surface area contributed by atoms with Crippen molar-refractivity contribution in [2.75, 3.05) is 6.26 Å². The van der Waals surface area contributed by atoms with E-state index in [1.165, 1.54) is 46.0 Å². The molecular weight excluding hydrogens is 360 g/mol. The normalized spacial score (nSPS) is 13.8. The minimum atomic E-state index is -3.40. The van der Waals surface area contributed by atoms with Crippen molar-refractivity contribution in [1.82, 2.24) is 10.9 Å². The highest BCUT2D eigenvalue weighted by molar-refractivity contribution is 7.90. The number of rotatable bonds is 3. The van der Waals surface area contributed by atoms with Gasteiger partial charge in [-0.3, -0.25) is 20.4 Å². The van der Waals surface area contributed by atoms with Crippen molar-refractivity contribution in [3.05, 3.63) is 51.2 Å². The molecule has 132 valence electrons. The maximum atomic E-state index is 12.2. The van der Waals surface area contributed by atoms with Crippen LogP contribution in [0.5, 0.6) is 0 Å². The summed E-state index contributed by atoms with van der Waals surface area (Å²) in [7, 11) is -3.40. The van der Waals surface area contributed by atoms with Gasteiger partial charge in [-0.1, -0.05) is 6.07 Å². The Labute approximate surface area is 150 Å². The molecule has 0 radical (unpaired) electrons. The van der Waals surface area contributed by atoms with Crippen molar-refractivity contribution in [2.45, 2.75) is 30.6 Å². The average Bonchev–Trinajstić information content (AvgIpc) is 3.03. The van der Waals surface area contributed by atoms with Crippen molar-refractivity contribution in [3.8, 4) is 0 Å². The summed E-state index contributed by atoms with van der Waals surface area (Å²) in [6.45, 7) is 0. The highest BCUT2D eigenvalue weighted by Gasteiger charge is 2.18. The SMILES string of the molecule is CS(=O)(=O)c1cccc(C(=O)NNC(=O)c2cc3c(s2)CCCC3)c1. The van der Waals surface area contributed by atoms with E-state index in [1.54, 1.807) is 0 Å². The zero-order valence-electron chi connectivity index (χ0n) is 13.7. The molecule has 0 fully saturated rings. The minimum absolute atomic E-state index is 0.0532. The Morgan fingerprint density at radius 1 is 1.04 bits per heavy atom. The molecule has 25 heavy (non-hydrogen) atoms. The van der Waals surface area contributed by atoms with Crippen LogP contribution in [0.4, 0.5) is 0 Å². The van der Waals surface area contributed by atoms with Gasteiger partial charge in [0.1, 0.15) is 0 Å². The Morgan fingerprint density at radius 2 is 1.76 bits per heavy atom. The fourth-order valence-electron chi connectivity index (χ4n) is 2.72. The summed E-state index contributed by atoms with van der Waals surface area (Å²) < 4.78 is 23.1. The number of amides is 2. The predicted octanol–water partition coefficient (Wildman–Crippen LogP) is 2.11. The molecule has 0 bridgehead atoms. The van der Waals surface area contributed by atoms with Crippen molar-refractivity contribution in [1.29, 1.82) is 0 Å². The summed E-state index contributed by atoms with van der Waals surface area (Å²) in [4.78, 5) is 26.2. The molecule has 1 heterocycles. The van der Waals surface area contributed by atoms with Gasteiger partial charge in [-0.15, -0.1) is 11.3 Å². The first-order valence-corrected chi connectivity index (χ1v) is 10.6. The molecule has 0 aliphatic heterocycles. The largest absolute Gasteiger partial charge is 0.279 e. The van der Waals surface area contributed by atoms with Crippen LogP contribution < -0.4 is 10.9 Å². The minimum Gasteiger partial charge on any atom is -0.267 e. The molecule has 8 heteroatoms. The van der Waals surface area contributed by atoms with Crippen LogP contribution >= 0.6 is 11.3 Å². The molecule has 0 spiro atoms. The fourth-order valence-corrected chi connectivity index (χ4v) is 4.53. The number of benzene rings is 1. The van der Waals surface area contributed by atoms with Crippen LogP contribution in [0, 0.1) is 0 Å². The van der Waals surface area contributed by atoms with Crippen LogP contribution in [0.3, 0.4) is 0 Å². The van der Waals surface area contributed by atoms with E-state index in [0.29, 0.717) is 4.88 Å². The predicted molar refractivity (Wildman–Crippen MR) is 95.4 cm³/mol. The number of hydrogen-bond acceptors (Lipinski definition) is 5. The second-order valence-corrected chi connectivity index (χ2v) is 9.13. The number of carbonyl (C=O) groups excluding carboxylic acids is 2. The number of sulfone groups is 1. The molecule has 0 saturated heterocycles. The molecule has 0 saturated carbocycles. The molecule has 1 aliphatic carbocycles. The van der Waals surface area contributed by atoms with Crippen LogP contribution in [-0.4, -0.2) is 26.5 Å². The Hall–Kier alpha value is -2.19. The maximum Gasteiger partial charge on any atom is 0.279 e. The second-order valence-electron chi connectivity index (χ2n) is 5.97. The van der Waals surface area contributed by atoms with Gasteiger partial charge < -0.3 is 0 Å². The van der Waals surface area contributed by atoms with Crippen molar-refractivity contribution in [2.24, 2.45) is 0 Å². The lowest BCUT2D eigenvalue weighted by atomic mass is 9.99. The lowest BCUT2D eigenvalue weighted by Crippen LogP contribution is -2.41. The van der Waals surface area contributed by atoms with Gasteiger partial charge in [0.15, 0.2) is 9.84 Å². The molecule has 2 aromatic rings. The third kappa shape index (κ3) is 4.08. The summed E-state index contributed by atoms with van der Waals surface area (Å²) in [5.41, 5.74) is 6.09. The highest BCUT2D eigenvalue weighted by Crippen LogP contribution is 2.29. The molecule has 6 nitrogen and oxygen atoms in total. The molecule has 0 unspecified atom stereocenters. The van der Waals surface area contributed by atoms with Crippen LogP contribution in [0.15, 0.2) is 35.2 Å². The van der Waals surface area contributed by atoms with Crippen LogP contribution in [0.2, 0.25) is 0 Å². The summed E-state index contributed by atoms with van der Waals surface area (Å²) in [5, 5.41) is 0. The number of fused-ring (bicyclic) bond motifs is 1. The number of thiophene rings is 1. The molecule has 1 aromatic carbocycles. The summed E-state index contributed by atoms with van der Waals surface area (Å²) in [6, 6.07) is 7.55. The molecular formula is C17H18N2O4S2. The van der Waals surface area contributed by atoms with E-state index >= 15 is 0 Å². The molecule has 2 amide bonds. The zero-order valence-corrected chi connectivity index (χ0v) is 15.3. The van der Waals surface area contributed by atoms with Gasteiger partial charge in [0.2, 0.25) is 0 Å². The summed E-state index contributed by atoms with van der Waals surface area (Å²) in [5.74, 6) is -0.938. The Balaban J connectivity index is 1.66. The smallest absolute Gasteiger partial charge is 0.267 e. The van der Waals surface area contributed by atoms with Crippen molar-refractivity contribution in [3.63, 3.8) is 0 Å². The van der Waals surface area contributed by atoms with Gasteiger partial charge in [-0.2, -0.15) is 0 Å². The summed E-state index contributed by atoms with van der Waals surface area (Å²) >= 11 is 1.45. The van der Waals surface area contributed by atoms with Gasteiger partial charge >= 0.3 is 0 Å². The van der Waals surface area contributed by atoms with Gasteiger partial charge in [0.25, 0.3) is 11.8 Å². The van der Waals surface area contributed by atoms with Gasteiger partial charge in [0.05, 0.1) is 9.77 Å². The van der Waals surface area contributed by atoms with E-state index in [2.05, 4.69) is 10.9 Å². The third-order valence-electron chi connectivity index (χ3n) is 4.03. The molecule has 0 atom stereocenters. The topological polar surface area (TPSA) is 92.3 Å². The number of hydrazine groups is 1. The molecule has 2 N–H and O–H groups in total. The fraction of sp³-hybridized carbons (Fsp3) is 0.294. The third-order valence-corrected chi connectivity index (χ3v) is 6.38. The van der Waals surface area contributed by atoms with E-state index in [-0.39, 0.29) is 16.4 Å². The molecule has 1 aliphatic rings. The van der Waals surface area contributed by atoms with Crippen LogP contribution in [0.25, 0.3) is 0 Å². The number of hydrogen-bond donors (Lipinski definition) is 2. The number of aryl methyl sites for hydroxylation is 2. The van der Waals surface area contributed by atoms with Gasteiger partial charge in [-0.25, -0.2) is 8.42 Å². The zero-order chi connectivity index (χ0) is 18.0. The van der Waals surface area contributed by atoms with Crippen molar-refractivity contribution < 1.29 is 18.0 Å². The maximum absolute atomic E-state index is 12.2. The van der Waals surface area contributed by atoms with Gasteiger partial charge in [0, 0.05) is 16.7 Å². The van der Waals surface area contributed by atoms with E-state index in [0.717, 1.165) is 31.9 Å². The van der Waals surface area contributed by atoms with Crippen LogP contribution in [-0.2, 0) is 22.7 Å². The lowest BCUT2D eigenvalue weighted by Gasteiger charge is -2.08. The number of nitrogens with one attached hydrogen (secondary N) is 2. The quantitative estimate of drug-likeness (QED) is 0.800. The molecule has 3 rings (SSSR count). The first kappa shape index (κ1) is 17.6. The summed E-state index contributed by atoms with van der Waals surface area (Å²) in [6.07, 6.45) is 5.34. The first-order chi connectivity index (χ1) is 11.8. The van der Waals surface area contributed by atoms with E-state index in [4.69, 9.17) is 0 Å². The lowest BCUT2D eigenvalue weighted by molar-refractivity contribution is 0.0848. The van der Waals surface area contributed by atoms with Crippen LogP contribution in [0.1, 0.15) is 43.3 Å². The Kier molecular flexibility index (Phi) is 4.91. The van der Waals surface area contributed by atoms with E-state index < -0.39 is 15.7 Å². The monoisotopic (exact) mass is 378 g/mol. The van der Waals surface area contributed by atoms with E-state index in [1.807, 2.05) is 6.07 Å². The Morgan fingerprint density at radius 3 is 2.48 bits per heavy atom. The Bertz CT molecular complexity index is 908. The van der Waals surface area contributed by atoms with E-state index in [9.17, 15) is 18.0 Å². The van der Waals surface area contributed by atoms with Gasteiger partial charge in [-0.05, 0) is 55.5 Å². The molecule has 1 aromatic heterocycles. The number of carbonyl (C=O) groups is 2.